The number of carbonyl (C=O) groups excluding carboxylic acids is 11. The van der Waals surface area contributed by atoms with Gasteiger partial charge in [0, 0.05) is 142 Å². The average Bonchev–Trinajstić information content (AvgIpc) is 0.793. The molecule has 0 saturated carbocycles. The molecule has 0 aliphatic heterocycles. The number of hydrogen-bond acceptors (Lipinski definition) is 11. The van der Waals surface area contributed by atoms with E-state index in [4.69, 9.17) is 5.73 Å². The molecule has 11 amide bonds. The van der Waals surface area contributed by atoms with Crippen LogP contribution in [0, 0.1) is 0 Å². The lowest BCUT2D eigenvalue weighted by Crippen LogP contribution is -2.62. The first-order chi connectivity index (χ1) is 59.6. The van der Waals surface area contributed by atoms with Crippen LogP contribution in [0.25, 0.3) is 0 Å². The smallest absolute Gasteiger partial charge is 0.246 e. The Hall–Kier alpha value is -13.6. The summed E-state index contributed by atoms with van der Waals surface area (Å²) in [5, 5.41) is 0. The predicted molar refractivity (Wildman–Crippen MR) is 482 cm³/mol. The topological polar surface area (TPSA) is 246 Å². The first-order valence-electron chi connectivity index (χ1n) is 41.9. The van der Waals surface area contributed by atoms with Crippen LogP contribution in [0.15, 0.2) is 303 Å². The number of hydrogen-bond donors (Lipinski definition) is 1. The van der Waals surface area contributed by atoms with Gasteiger partial charge in [0.15, 0.2) is 0 Å². The van der Waals surface area contributed by atoms with Crippen molar-refractivity contribution in [2.24, 2.45) is 5.73 Å². The van der Waals surface area contributed by atoms with E-state index in [1.807, 2.05) is 303 Å². The molecule has 0 fully saturated rings. The van der Waals surface area contributed by atoms with E-state index in [9.17, 15) is 9.59 Å². The molecule has 10 atom stereocenters. The van der Waals surface area contributed by atoms with Crippen LogP contribution in [0.1, 0.15) is 62.6 Å². The maximum Gasteiger partial charge on any atom is 0.246 e. The highest BCUT2D eigenvalue weighted by molar-refractivity contribution is 6.00. The number of amides is 11. The molecule has 0 bridgehead atoms. The van der Waals surface area contributed by atoms with E-state index in [1.165, 1.54) is 119 Å². The number of nitrogens with zero attached hydrogens (tertiary/aromatic N) is 10. The minimum absolute atomic E-state index is 0.0162. The van der Waals surface area contributed by atoms with Crippen molar-refractivity contribution >= 4 is 65.0 Å². The third kappa shape index (κ3) is 24.4. The van der Waals surface area contributed by atoms with Crippen molar-refractivity contribution in [1.29, 1.82) is 0 Å². The number of rotatable bonds is 40. The van der Waals surface area contributed by atoms with Crippen molar-refractivity contribution in [3.63, 3.8) is 0 Å². The summed E-state index contributed by atoms with van der Waals surface area (Å²) in [5.41, 5.74) is 13.1. The van der Waals surface area contributed by atoms with Gasteiger partial charge in [0.1, 0.15) is 60.4 Å². The summed E-state index contributed by atoms with van der Waals surface area (Å²) >= 11 is 0. The van der Waals surface area contributed by atoms with E-state index in [-0.39, 0.29) is 70.1 Å². The standard InChI is InChI=1S/C102H115N11O11/c1-72(114)104(2)84(63-74-44-24-13-25-45-74)94(116)106(4)86(65-76-48-28-15-29-49-76)96(118)108(6)88(67-78-52-32-17-33-53-78)98(120)110(8)90(69-80-56-36-19-37-57-80)100(122)112(10)92(71-82-60-40-21-41-61-82)102(124)113(11)91(70-81-58-38-20-39-59-81)101(123)111(9)89(68-79-54-34-18-35-55-79)99(121)109(7)87(66-77-50-30-16-31-51-77)97(119)107(5)85(64-75-46-26-14-27-47-75)95(117)105(3)83(93(103)115)62-73-42-22-12-23-43-73/h12-61,83-92H,62-71H2,1-11H3,(H2,103,115)/t83-,84-,85-,86-,87-,88-,89-,90-,91-,92-/m0/s1. The van der Waals surface area contributed by atoms with Crippen molar-refractivity contribution in [2.45, 2.75) is 132 Å². The molecular formula is C102H115N11O11. The summed E-state index contributed by atoms with van der Waals surface area (Å²) in [6.07, 6.45) is -0.0983. The molecule has 0 aromatic heterocycles. The Bertz CT molecular complexity index is 5120. The van der Waals surface area contributed by atoms with Crippen LogP contribution in [0.4, 0.5) is 0 Å². The normalized spacial score (nSPS) is 13.5. The van der Waals surface area contributed by atoms with Crippen molar-refractivity contribution in [3.05, 3.63) is 359 Å². The molecule has 10 aromatic carbocycles. The molecule has 22 heteroatoms. The molecule has 0 radical (unpaired) electrons. The fourth-order valence-electron chi connectivity index (χ4n) is 16.0. The van der Waals surface area contributed by atoms with Gasteiger partial charge in [0.25, 0.3) is 0 Å². The molecule has 10 rings (SSSR count). The summed E-state index contributed by atoms with van der Waals surface area (Å²) in [6.45, 7) is 1.38. The van der Waals surface area contributed by atoms with Crippen molar-refractivity contribution in [3.8, 4) is 0 Å². The third-order valence-corrected chi connectivity index (χ3v) is 23.9. The minimum Gasteiger partial charge on any atom is -0.368 e. The predicted octanol–water partition coefficient (Wildman–Crippen LogP) is 10.2. The fourth-order valence-corrected chi connectivity index (χ4v) is 16.0. The van der Waals surface area contributed by atoms with E-state index >= 15 is 43.2 Å². The minimum atomic E-state index is -1.39. The number of likely N-dealkylation sites (N-methyl/N-ethyl adjacent to an activating group) is 10. The molecule has 644 valence electrons. The molecule has 0 heterocycles. The lowest BCUT2D eigenvalue weighted by Gasteiger charge is -2.41. The van der Waals surface area contributed by atoms with Gasteiger partial charge in [0.05, 0.1) is 0 Å². The van der Waals surface area contributed by atoms with Crippen molar-refractivity contribution < 1.29 is 52.7 Å². The summed E-state index contributed by atoms with van der Waals surface area (Å²) in [5.74, 6) is -6.68. The molecule has 0 aliphatic rings. The Morgan fingerprint density at radius 3 is 0.379 bits per heavy atom. The van der Waals surface area contributed by atoms with Crippen LogP contribution in [0.2, 0.25) is 0 Å². The second-order valence-corrected chi connectivity index (χ2v) is 32.1. The van der Waals surface area contributed by atoms with Crippen LogP contribution in [0.3, 0.4) is 0 Å². The summed E-state index contributed by atoms with van der Waals surface area (Å²) < 4.78 is 0. The molecule has 0 saturated heterocycles. The second-order valence-electron chi connectivity index (χ2n) is 32.1. The van der Waals surface area contributed by atoms with Gasteiger partial charge in [0.2, 0.25) is 65.0 Å². The van der Waals surface area contributed by atoms with Crippen LogP contribution in [0.5, 0.6) is 0 Å². The van der Waals surface area contributed by atoms with E-state index in [1.54, 1.807) is 7.05 Å². The summed E-state index contributed by atoms with van der Waals surface area (Å²) in [4.78, 5) is 185. The molecule has 22 nitrogen and oxygen atoms in total. The summed E-state index contributed by atoms with van der Waals surface area (Å²) in [7, 11) is 15.1. The Morgan fingerprint density at radius 2 is 0.274 bits per heavy atom. The van der Waals surface area contributed by atoms with E-state index in [0.717, 1.165) is 16.7 Å². The lowest BCUT2D eigenvalue weighted by molar-refractivity contribution is -0.157. The monoisotopic (exact) mass is 1670 g/mol. The van der Waals surface area contributed by atoms with Crippen LogP contribution >= 0.6 is 0 Å². The van der Waals surface area contributed by atoms with Crippen LogP contribution in [-0.2, 0) is 117 Å². The second kappa shape index (κ2) is 44.8. The number of benzene rings is 10. The number of primary amides is 1. The molecule has 0 unspecified atom stereocenters. The van der Waals surface area contributed by atoms with Crippen molar-refractivity contribution in [1.82, 2.24) is 49.0 Å². The van der Waals surface area contributed by atoms with Gasteiger partial charge >= 0.3 is 0 Å². The molecular weight excluding hydrogens is 1560 g/mol. The molecule has 10 aromatic rings. The maximum atomic E-state index is 16.6. The zero-order valence-corrected chi connectivity index (χ0v) is 72.8. The Labute approximate surface area is 729 Å². The van der Waals surface area contributed by atoms with Gasteiger partial charge in [-0.05, 0) is 55.6 Å². The largest absolute Gasteiger partial charge is 0.368 e. The number of carbonyl (C=O) groups is 11. The van der Waals surface area contributed by atoms with Crippen LogP contribution in [-0.4, -0.2) is 245 Å². The van der Waals surface area contributed by atoms with Crippen LogP contribution < -0.4 is 5.73 Å². The SMILES string of the molecule is CC(=O)N(C)[C@@H](Cc1ccccc1)C(=O)N(C)[C@@H](Cc1ccccc1)C(=O)N(C)[C@@H](Cc1ccccc1)C(=O)N(C)[C@@H](Cc1ccccc1)C(=O)N(C)[C@@H](Cc1ccccc1)C(=O)N(C)[C@@H](Cc1ccccc1)C(=O)N(C)[C@@H](Cc1ccccc1)C(=O)N(C)[C@@H](Cc1ccccc1)C(=O)N(C)[C@@H](Cc1ccccc1)C(=O)N(C)[C@@H](Cc1ccccc1)C(N)=O. The lowest BCUT2D eigenvalue weighted by atomic mass is 9.96. The quantitative estimate of drug-likeness (QED) is 0.0378. The highest BCUT2D eigenvalue weighted by Crippen LogP contribution is 2.28. The molecule has 2 N–H and O–H groups in total. The van der Waals surface area contributed by atoms with Gasteiger partial charge < -0.3 is 54.7 Å². The molecule has 0 aliphatic carbocycles. The average molecular weight is 1670 g/mol. The Balaban J connectivity index is 1.01. The van der Waals surface area contributed by atoms with Crippen molar-refractivity contribution in [2.75, 3.05) is 70.5 Å². The zero-order valence-electron chi connectivity index (χ0n) is 72.8. The first kappa shape index (κ1) is 92.7. The third-order valence-electron chi connectivity index (χ3n) is 23.9. The van der Waals surface area contributed by atoms with Gasteiger partial charge in [-0.3, -0.25) is 52.7 Å². The Morgan fingerprint density at radius 1 is 0.177 bits per heavy atom. The highest BCUT2D eigenvalue weighted by Gasteiger charge is 2.46. The maximum absolute atomic E-state index is 16.6. The fraction of sp³-hybridized carbons (Fsp3) is 0.304. The van der Waals surface area contributed by atoms with Gasteiger partial charge in [-0.15, -0.1) is 0 Å². The highest BCUT2D eigenvalue weighted by atomic mass is 16.2. The van der Waals surface area contributed by atoms with Gasteiger partial charge in [-0.25, -0.2) is 0 Å². The van der Waals surface area contributed by atoms with E-state index < -0.39 is 119 Å². The molecule has 0 spiro atoms. The van der Waals surface area contributed by atoms with E-state index in [0.29, 0.717) is 38.9 Å². The first-order valence-corrected chi connectivity index (χ1v) is 41.9. The van der Waals surface area contributed by atoms with Gasteiger partial charge in [-0.2, -0.15) is 0 Å². The number of nitrogens with two attached hydrogens (primary N) is 1. The zero-order chi connectivity index (χ0) is 89.1. The van der Waals surface area contributed by atoms with E-state index in [2.05, 4.69) is 0 Å². The molecule has 124 heavy (non-hydrogen) atoms. The summed E-state index contributed by atoms with van der Waals surface area (Å²) in [6, 6.07) is 78.8. The van der Waals surface area contributed by atoms with Gasteiger partial charge in [-0.1, -0.05) is 303 Å². The Kier molecular flexibility index (Phi) is 33.5.